The van der Waals surface area contributed by atoms with Crippen molar-refractivity contribution in [2.24, 2.45) is 11.5 Å². The van der Waals surface area contributed by atoms with E-state index in [1.807, 2.05) is 0 Å². The average Bonchev–Trinajstić information content (AvgIpc) is 2.39. The lowest BCUT2D eigenvalue weighted by Crippen LogP contribution is -2.37. The molecule has 5 heteroatoms. The second-order valence-electron chi connectivity index (χ2n) is 2.34. The van der Waals surface area contributed by atoms with Crippen LogP contribution in [0, 0.1) is 5.41 Å². The second kappa shape index (κ2) is 3.16. The highest BCUT2D eigenvalue weighted by Gasteiger charge is 2.06. The summed E-state index contributed by atoms with van der Waals surface area (Å²) in [6.07, 6.45) is 3.78. The molecule has 0 aliphatic heterocycles. The molecule has 0 aliphatic rings. The molecule has 0 spiro atoms. The third-order valence-electron chi connectivity index (χ3n) is 1.39. The maximum atomic E-state index is 7.02. The Morgan fingerprint density at radius 1 is 1.82 bits per heavy atom. The minimum Gasteiger partial charge on any atom is -0.386 e. The zero-order valence-corrected chi connectivity index (χ0v) is 6.04. The maximum absolute atomic E-state index is 7.02. The van der Waals surface area contributed by atoms with Crippen molar-refractivity contribution in [2.75, 3.05) is 0 Å². The standard InChI is InChI=1S/C6H11N5/c7-5(6(8)9)1-4-2-10-3-11-4/h2-3,5H,1,7H2,(H3,8,9)(H,10,11). The van der Waals surface area contributed by atoms with Crippen molar-refractivity contribution in [3.05, 3.63) is 18.2 Å². The van der Waals surface area contributed by atoms with Crippen LogP contribution in [0.2, 0.25) is 0 Å². The molecule has 0 bridgehead atoms. The van der Waals surface area contributed by atoms with Crippen LogP contribution in [-0.2, 0) is 6.42 Å². The first kappa shape index (κ1) is 7.74. The van der Waals surface area contributed by atoms with Gasteiger partial charge in [0.1, 0.15) is 5.84 Å². The van der Waals surface area contributed by atoms with Gasteiger partial charge in [0.25, 0.3) is 0 Å². The van der Waals surface area contributed by atoms with Gasteiger partial charge in [0.15, 0.2) is 0 Å². The molecule has 0 saturated heterocycles. The van der Waals surface area contributed by atoms with Crippen molar-refractivity contribution in [3.63, 3.8) is 0 Å². The lowest BCUT2D eigenvalue weighted by atomic mass is 10.2. The predicted molar refractivity (Wildman–Crippen MR) is 42.2 cm³/mol. The number of imidazole rings is 1. The van der Waals surface area contributed by atoms with Crippen molar-refractivity contribution >= 4 is 5.84 Å². The molecular formula is C6H11N5. The number of rotatable bonds is 3. The van der Waals surface area contributed by atoms with Crippen LogP contribution in [0.3, 0.4) is 0 Å². The largest absolute Gasteiger partial charge is 0.386 e. The molecule has 0 amide bonds. The molecule has 0 saturated carbocycles. The van der Waals surface area contributed by atoms with Crippen molar-refractivity contribution in [1.82, 2.24) is 9.97 Å². The second-order valence-corrected chi connectivity index (χ2v) is 2.34. The van der Waals surface area contributed by atoms with Crippen LogP contribution in [0.4, 0.5) is 0 Å². The van der Waals surface area contributed by atoms with Gasteiger partial charge in [-0.05, 0) is 0 Å². The van der Waals surface area contributed by atoms with Gasteiger partial charge in [-0.1, -0.05) is 0 Å². The number of H-pyrrole nitrogens is 1. The summed E-state index contributed by atoms with van der Waals surface area (Å²) >= 11 is 0. The van der Waals surface area contributed by atoms with Gasteiger partial charge in [0, 0.05) is 18.3 Å². The molecule has 1 aromatic rings. The fourth-order valence-corrected chi connectivity index (χ4v) is 0.743. The van der Waals surface area contributed by atoms with Gasteiger partial charge in [0.05, 0.1) is 12.4 Å². The van der Waals surface area contributed by atoms with Crippen molar-refractivity contribution in [1.29, 1.82) is 5.41 Å². The van der Waals surface area contributed by atoms with E-state index >= 15 is 0 Å². The highest BCUT2D eigenvalue weighted by Crippen LogP contribution is 1.94. The van der Waals surface area contributed by atoms with Crippen LogP contribution in [0.15, 0.2) is 12.5 Å². The SMILES string of the molecule is N=C(N)C(N)Cc1cnc[nH]1. The summed E-state index contributed by atoms with van der Waals surface area (Å²) in [6, 6.07) is -0.407. The Morgan fingerprint density at radius 2 is 2.55 bits per heavy atom. The average molecular weight is 153 g/mol. The zero-order valence-electron chi connectivity index (χ0n) is 6.04. The van der Waals surface area contributed by atoms with Gasteiger partial charge in [-0.3, -0.25) is 5.41 Å². The van der Waals surface area contributed by atoms with E-state index in [9.17, 15) is 0 Å². The minimum atomic E-state index is -0.407. The Bertz CT molecular complexity index is 227. The monoisotopic (exact) mass is 153 g/mol. The number of aromatic amines is 1. The van der Waals surface area contributed by atoms with E-state index in [-0.39, 0.29) is 5.84 Å². The van der Waals surface area contributed by atoms with Gasteiger partial charge in [-0.15, -0.1) is 0 Å². The Balaban J connectivity index is 2.50. The number of aromatic nitrogens is 2. The molecule has 0 fully saturated rings. The molecule has 5 nitrogen and oxygen atoms in total. The summed E-state index contributed by atoms with van der Waals surface area (Å²) < 4.78 is 0. The van der Waals surface area contributed by atoms with Gasteiger partial charge in [-0.25, -0.2) is 4.98 Å². The van der Waals surface area contributed by atoms with Crippen LogP contribution >= 0.6 is 0 Å². The predicted octanol–water partition coefficient (Wildman–Crippen LogP) is -0.785. The Kier molecular flexibility index (Phi) is 2.22. The summed E-state index contributed by atoms with van der Waals surface area (Å²) in [5.74, 6) is -0.000370. The normalized spacial score (nSPS) is 12.8. The first-order valence-electron chi connectivity index (χ1n) is 3.27. The molecule has 6 N–H and O–H groups in total. The van der Waals surface area contributed by atoms with Crippen LogP contribution in [0.1, 0.15) is 5.69 Å². The lowest BCUT2D eigenvalue weighted by molar-refractivity contribution is 0.816. The molecule has 11 heavy (non-hydrogen) atoms. The van der Waals surface area contributed by atoms with Crippen molar-refractivity contribution < 1.29 is 0 Å². The number of nitrogens with two attached hydrogens (primary N) is 2. The van der Waals surface area contributed by atoms with Gasteiger partial charge >= 0.3 is 0 Å². The third-order valence-corrected chi connectivity index (χ3v) is 1.39. The fourth-order valence-electron chi connectivity index (χ4n) is 0.743. The summed E-state index contributed by atoms with van der Waals surface area (Å²) in [5, 5.41) is 7.02. The fraction of sp³-hybridized carbons (Fsp3) is 0.333. The number of hydrogen-bond acceptors (Lipinski definition) is 3. The van der Waals surface area contributed by atoms with Crippen LogP contribution in [0.5, 0.6) is 0 Å². The van der Waals surface area contributed by atoms with Crippen LogP contribution in [-0.4, -0.2) is 21.8 Å². The number of amidine groups is 1. The lowest BCUT2D eigenvalue weighted by Gasteiger charge is -2.06. The smallest absolute Gasteiger partial charge is 0.108 e. The van der Waals surface area contributed by atoms with E-state index in [1.165, 1.54) is 0 Å². The summed E-state index contributed by atoms with van der Waals surface area (Å²) in [7, 11) is 0. The first-order chi connectivity index (χ1) is 5.20. The number of nitrogens with zero attached hydrogens (tertiary/aromatic N) is 1. The zero-order chi connectivity index (χ0) is 8.27. The maximum Gasteiger partial charge on any atom is 0.108 e. The molecule has 1 unspecified atom stereocenters. The van der Waals surface area contributed by atoms with Crippen molar-refractivity contribution in [2.45, 2.75) is 12.5 Å². The van der Waals surface area contributed by atoms with Gasteiger partial charge < -0.3 is 16.5 Å². The van der Waals surface area contributed by atoms with Gasteiger partial charge in [-0.2, -0.15) is 0 Å². The highest BCUT2D eigenvalue weighted by molar-refractivity contribution is 5.82. The molecule has 0 aromatic carbocycles. The molecule has 0 radical (unpaired) electrons. The summed E-state index contributed by atoms with van der Waals surface area (Å²) in [6.45, 7) is 0. The Labute approximate surface area is 64.3 Å². The molecule has 0 aliphatic carbocycles. The molecule has 1 aromatic heterocycles. The quantitative estimate of drug-likeness (QED) is 0.338. The number of hydrogen-bond donors (Lipinski definition) is 4. The molecule has 1 atom stereocenters. The molecule has 1 rings (SSSR count). The molecular weight excluding hydrogens is 142 g/mol. The summed E-state index contributed by atoms with van der Waals surface area (Å²) in [5.41, 5.74) is 11.6. The van der Waals surface area contributed by atoms with Crippen LogP contribution < -0.4 is 11.5 Å². The first-order valence-corrected chi connectivity index (χ1v) is 3.27. The van der Waals surface area contributed by atoms with E-state index in [2.05, 4.69) is 9.97 Å². The molecule has 1 heterocycles. The van der Waals surface area contributed by atoms with Crippen molar-refractivity contribution in [3.8, 4) is 0 Å². The number of nitrogens with one attached hydrogen (secondary N) is 2. The van der Waals surface area contributed by atoms with Crippen LogP contribution in [0.25, 0.3) is 0 Å². The third kappa shape index (κ3) is 2.05. The Hall–Kier alpha value is -1.36. The highest BCUT2D eigenvalue weighted by atomic mass is 14.9. The topological polar surface area (TPSA) is 105 Å². The van der Waals surface area contributed by atoms with E-state index in [4.69, 9.17) is 16.9 Å². The molecule has 60 valence electrons. The summed E-state index contributed by atoms with van der Waals surface area (Å²) in [4.78, 5) is 6.69. The van der Waals surface area contributed by atoms with E-state index in [0.717, 1.165) is 5.69 Å². The Morgan fingerprint density at radius 3 is 3.00 bits per heavy atom. The van der Waals surface area contributed by atoms with Gasteiger partial charge in [0.2, 0.25) is 0 Å². The van der Waals surface area contributed by atoms with E-state index in [1.54, 1.807) is 12.5 Å². The van der Waals surface area contributed by atoms with E-state index < -0.39 is 6.04 Å². The minimum absolute atomic E-state index is 0.000370. The van der Waals surface area contributed by atoms with E-state index in [0.29, 0.717) is 6.42 Å².